The van der Waals surface area contributed by atoms with Crippen LogP contribution < -0.4 is 10.6 Å². The molecule has 0 spiro atoms. The Morgan fingerprint density at radius 1 is 0.958 bits per heavy atom. The maximum Gasteiger partial charge on any atom is 0.232 e. The van der Waals surface area contributed by atoms with Crippen LogP contribution in [0.3, 0.4) is 0 Å². The van der Waals surface area contributed by atoms with Crippen molar-refractivity contribution in [3.05, 3.63) is 59.1 Å². The third-order valence-corrected chi connectivity index (χ3v) is 3.88. The Labute approximate surface area is 147 Å². The Bertz CT molecular complexity index is 726. The van der Waals surface area contributed by atoms with E-state index in [1.165, 1.54) is 6.92 Å². The Hall–Kier alpha value is -2.33. The van der Waals surface area contributed by atoms with Crippen molar-refractivity contribution in [3.8, 4) is 0 Å². The summed E-state index contributed by atoms with van der Waals surface area (Å²) in [6.45, 7) is 5.46. The first kappa shape index (κ1) is 18.0. The minimum absolute atomic E-state index is 0.0905. The van der Waals surface area contributed by atoms with Gasteiger partial charge >= 0.3 is 0 Å². The van der Waals surface area contributed by atoms with Crippen LogP contribution in [0.5, 0.6) is 0 Å². The average Bonchev–Trinajstić information content (AvgIpc) is 2.48. The zero-order valence-electron chi connectivity index (χ0n) is 14.0. The molecule has 0 saturated heterocycles. The predicted molar refractivity (Wildman–Crippen MR) is 98.4 cm³/mol. The van der Waals surface area contributed by atoms with Crippen molar-refractivity contribution in [1.29, 1.82) is 0 Å². The van der Waals surface area contributed by atoms with E-state index in [2.05, 4.69) is 10.6 Å². The highest BCUT2D eigenvalue weighted by Crippen LogP contribution is 2.27. The zero-order chi connectivity index (χ0) is 17.7. The molecule has 0 radical (unpaired) electrons. The van der Waals surface area contributed by atoms with Gasteiger partial charge in [0, 0.05) is 23.3 Å². The number of anilines is 2. The first-order chi connectivity index (χ1) is 11.4. The maximum absolute atomic E-state index is 12.7. The molecule has 0 bridgehead atoms. The number of halogens is 1. The van der Waals surface area contributed by atoms with Crippen molar-refractivity contribution >= 4 is 34.8 Å². The summed E-state index contributed by atoms with van der Waals surface area (Å²) < 4.78 is 0. The quantitative estimate of drug-likeness (QED) is 0.827. The molecule has 0 aromatic heterocycles. The number of nitrogens with one attached hydrogen (secondary N) is 2. The molecule has 0 aliphatic rings. The molecule has 2 rings (SSSR count). The number of benzene rings is 2. The van der Waals surface area contributed by atoms with Crippen LogP contribution in [0, 0.1) is 5.92 Å². The van der Waals surface area contributed by atoms with Gasteiger partial charge in [-0.2, -0.15) is 0 Å². The molecule has 5 heteroatoms. The summed E-state index contributed by atoms with van der Waals surface area (Å²) in [5.74, 6) is -0.400. The Morgan fingerprint density at radius 3 is 2.08 bits per heavy atom. The Kier molecular flexibility index (Phi) is 5.99. The minimum Gasteiger partial charge on any atom is -0.326 e. The number of amides is 2. The van der Waals surface area contributed by atoms with E-state index < -0.39 is 0 Å². The fourth-order valence-corrected chi connectivity index (χ4v) is 2.73. The lowest BCUT2D eigenvalue weighted by Crippen LogP contribution is -2.25. The molecule has 0 saturated carbocycles. The van der Waals surface area contributed by atoms with Gasteiger partial charge in [0.05, 0.1) is 5.92 Å². The van der Waals surface area contributed by atoms with Gasteiger partial charge in [0.25, 0.3) is 0 Å². The van der Waals surface area contributed by atoms with Gasteiger partial charge in [-0.15, -0.1) is 0 Å². The summed E-state index contributed by atoms with van der Waals surface area (Å²) in [6.07, 6.45) is 0. The zero-order valence-corrected chi connectivity index (χ0v) is 14.7. The molecule has 126 valence electrons. The third-order valence-electron chi connectivity index (χ3n) is 3.63. The highest BCUT2D eigenvalue weighted by atomic mass is 35.5. The van der Waals surface area contributed by atoms with E-state index in [0.717, 1.165) is 5.56 Å². The average molecular weight is 345 g/mol. The SMILES string of the molecule is CC(=O)Nc1cccc(NC(=O)[C@@H](c2ccc(Cl)cc2)C(C)C)c1. The smallest absolute Gasteiger partial charge is 0.232 e. The number of rotatable bonds is 5. The molecule has 2 amide bonds. The predicted octanol–water partition coefficient (Wildman–Crippen LogP) is 4.68. The fraction of sp³-hybridized carbons (Fsp3) is 0.263. The molecule has 1 atom stereocenters. The van der Waals surface area contributed by atoms with Crippen molar-refractivity contribution in [2.45, 2.75) is 26.7 Å². The Balaban J connectivity index is 2.19. The first-order valence-electron chi connectivity index (χ1n) is 7.81. The molecule has 0 fully saturated rings. The minimum atomic E-state index is -0.285. The van der Waals surface area contributed by atoms with E-state index in [9.17, 15) is 9.59 Å². The topological polar surface area (TPSA) is 58.2 Å². The van der Waals surface area contributed by atoms with E-state index in [4.69, 9.17) is 11.6 Å². The van der Waals surface area contributed by atoms with Gasteiger partial charge in [-0.1, -0.05) is 43.6 Å². The van der Waals surface area contributed by atoms with E-state index in [1.807, 2.05) is 26.0 Å². The number of carbonyl (C=O) groups is 2. The van der Waals surface area contributed by atoms with Crippen molar-refractivity contribution in [1.82, 2.24) is 0 Å². The van der Waals surface area contributed by atoms with Crippen LogP contribution >= 0.6 is 11.6 Å². The van der Waals surface area contributed by atoms with E-state index in [-0.39, 0.29) is 23.7 Å². The number of carbonyl (C=O) groups excluding carboxylic acids is 2. The highest BCUT2D eigenvalue weighted by molar-refractivity contribution is 6.30. The molecule has 0 aliphatic carbocycles. The molecule has 4 nitrogen and oxygen atoms in total. The van der Waals surface area contributed by atoms with Gasteiger partial charge in [-0.3, -0.25) is 9.59 Å². The Morgan fingerprint density at radius 2 is 1.54 bits per heavy atom. The summed E-state index contributed by atoms with van der Waals surface area (Å²) in [4.78, 5) is 23.9. The van der Waals surface area contributed by atoms with Gasteiger partial charge in [0.15, 0.2) is 0 Å². The van der Waals surface area contributed by atoms with Crippen molar-refractivity contribution < 1.29 is 9.59 Å². The van der Waals surface area contributed by atoms with Gasteiger partial charge in [-0.25, -0.2) is 0 Å². The van der Waals surface area contributed by atoms with Crippen LogP contribution in [-0.4, -0.2) is 11.8 Å². The fourth-order valence-electron chi connectivity index (χ4n) is 2.61. The monoisotopic (exact) mass is 344 g/mol. The van der Waals surface area contributed by atoms with Gasteiger partial charge in [0.2, 0.25) is 11.8 Å². The standard InChI is InChI=1S/C19H21ClN2O2/c1-12(2)18(14-7-9-15(20)10-8-14)19(24)22-17-6-4-5-16(11-17)21-13(3)23/h4-12,18H,1-3H3,(H,21,23)(H,22,24)/t18-/m1/s1. The number of hydrogen-bond donors (Lipinski definition) is 2. The van der Waals surface area contributed by atoms with Crippen LogP contribution in [-0.2, 0) is 9.59 Å². The summed E-state index contributed by atoms with van der Waals surface area (Å²) in [5, 5.41) is 6.27. The second kappa shape index (κ2) is 7.97. The lowest BCUT2D eigenvalue weighted by molar-refractivity contribution is -0.118. The second-order valence-electron chi connectivity index (χ2n) is 6.02. The summed E-state index contributed by atoms with van der Waals surface area (Å²) in [6, 6.07) is 14.4. The first-order valence-corrected chi connectivity index (χ1v) is 8.18. The van der Waals surface area contributed by atoms with Gasteiger partial charge < -0.3 is 10.6 Å². The maximum atomic E-state index is 12.7. The van der Waals surface area contributed by atoms with Crippen LogP contribution in [0.1, 0.15) is 32.3 Å². The van der Waals surface area contributed by atoms with E-state index in [0.29, 0.717) is 16.4 Å². The second-order valence-corrected chi connectivity index (χ2v) is 6.46. The van der Waals surface area contributed by atoms with Crippen molar-refractivity contribution in [3.63, 3.8) is 0 Å². The summed E-state index contributed by atoms with van der Waals surface area (Å²) >= 11 is 5.93. The molecule has 2 N–H and O–H groups in total. The van der Waals surface area contributed by atoms with Crippen LogP contribution in [0.2, 0.25) is 5.02 Å². The molecular formula is C19H21ClN2O2. The van der Waals surface area contributed by atoms with E-state index >= 15 is 0 Å². The van der Waals surface area contributed by atoms with Gasteiger partial charge in [0.1, 0.15) is 0 Å². The van der Waals surface area contributed by atoms with E-state index in [1.54, 1.807) is 36.4 Å². The third kappa shape index (κ3) is 4.83. The largest absolute Gasteiger partial charge is 0.326 e. The molecular weight excluding hydrogens is 324 g/mol. The van der Waals surface area contributed by atoms with Crippen LogP contribution in [0.4, 0.5) is 11.4 Å². The summed E-state index contributed by atoms with van der Waals surface area (Å²) in [5.41, 5.74) is 2.21. The lowest BCUT2D eigenvalue weighted by atomic mass is 9.87. The molecule has 0 heterocycles. The summed E-state index contributed by atoms with van der Waals surface area (Å²) in [7, 11) is 0. The van der Waals surface area contributed by atoms with Crippen LogP contribution in [0.25, 0.3) is 0 Å². The highest BCUT2D eigenvalue weighted by Gasteiger charge is 2.24. The molecule has 24 heavy (non-hydrogen) atoms. The van der Waals surface area contributed by atoms with Gasteiger partial charge in [-0.05, 0) is 41.8 Å². The normalized spacial score (nSPS) is 11.9. The molecule has 0 unspecified atom stereocenters. The number of hydrogen-bond acceptors (Lipinski definition) is 2. The van der Waals surface area contributed by atoms with Crippen molar-refractivity contribution in [2.24, 2.45) is 5.92 Å². The van der Waals surface area contributed by atoms with Crippen molar-refractivity contribution in [2.75, 3.05) is 10.6 Å². The molecule has 2 aromatic carbocycles. The molecule has 2 aromatic rings. The molecule has 0 aliphatic heterocycles. The van der Waals surface area contributed by atoms with Crippen LogP contribution in [0.15, 0.2) is 48.5 Å². The lowest BCUT2D eigenvalue weighted by Gasteiger charge is -2.21.